The first kappa shape index (κ1) is 18.0. The van der Waals surface area contributed by atoms with Crippen LogP contribution in [0.3, 0.4) is 0 Å². The van der Waals surface area contributed by atoms with Gasteiger partial charge in [0.1, 0.15) is 0 Å². The van der Waals surface area contributed by atoms with Gasteiger partial charge < -0.3 is 11.1 Å². The Morgan fingerprint density at radius 1 is 1.29 bits per heavy atom. The van der Waals surface area contributed by atoms with Crippen molar-refractivity contribution in [3.63, 3.8) is 0 Å². The molecule has 0 saturated carbocycles. The largest absolute Gasteiger partial charge is 0.370 e. The number of para-hydroxylation sites is 1. The predicted octanol–water partition coefficient (Wildman–Crippen LogP) is 3.06. The van der Waals surface area contributed by atoms with Crippen LogP contribution in [0.2, 0.25) is 0 Å². The van der Waals surface area contributed by atoms with Gasteiger partial charge in [-0.1, -0.05) is 32.0 Å². The fourth-order valence-corrected chi connectivity index (χ4v) is 2.47. The standard InChI is InChI=1S/C19H29N5/c1-15(2)11-13-22-19(20)21-12-7-8-17-14-24(23-16(17)3)18-9-5-4-6-10-18/h4-6,9-10,14-15H,7-8,11-13H2,1-3H3,(H3,20,21,22). The molecule has 2 aromatic rings. The Labute approximate surface area is 145 Å². The molecule has 0 aliphatic heterocycles. The number of guanidine groups is 1. The molecule has 0 fully saturated rings. The molecule has 0 spiro atoms. The second-order valence-corrected chi connectivity index (χ2v) is 6.50. The Morgan fingerprint density at radius 3 is 2.75 bits per heavy atom. The second-order valence-electron chi connectivity index (χ2n) is 6.50. The number of hydrogen-bond acceptors (Lipinski definition) is 2. The first-order valence-corrected chi connectivity index (χ1v) is 8.70. The van der Waals surface area contributed by atoms with Crippen LogP contribution in [0.4, 0.5) is 0 Å². The number of rotatable bonds is 8. The van der Waals surface area contributed by atoms with E-state index in [-0.39, 0.29) is 0 Å². The van der Waals surface area contributed by atoms with E-state index in [2.05, 4.69) is 54.5 Å². The Balaban J connectivity index is 1.79. The van der Waals surface area contributed by atoms with E-state index in [0.29, 0.717) is 11.9 Å². The molecule has 0 atom stereocenters. The third-order valence-electron chi connectivity index (χ3n) is 3.94. The first-order chi connectivity index (χ1) is 11.6. The maximum absolute atomic E-state index is 5.87. The SMILES string of the molecule is Cc1nn(-c2ccccc2)cc1CCCN=C(N)NCCC(C)C. The van der Waals surface area contributed by atoms with E-state index < -0.39 is 0 Å². The van der Waals surface area contributed by atoms with E-state index in [1.165, 1.54) is 5.56 Å². The van der Waals surface area contributed by atoms with Gasteiger partial charge in [-0.3, -0.25) is 4.99 Å². The van der Waals surface area contributed by atoms with E-state index in [0.717, 1.165) is 43.7 Å². The summed E-state index contributed by atoms with van der Waals surface area (Å²) < 4.78 is 1.94. The molecule has 0 bridgehead atoms. The monoisotopic (exact) mass is 327 g/mol. The molecular formula is C19H29N5. The van der Waals surface area contributed by atoms with Crippen molar-refractivity contribution in [2.24, 2.45) is 16.6 Å². The summed E-state index contributed by atoms with van der Waals surface area (Å²) in [6.07, 6.45) is 5.14. The topological polar surface area (TPSA) is 68.2 Å². The number of nitrogens with zero attached hydrogens (tertiary/aromatic N) is 3. The van der Waals surface area contributed by atoms with Crippen LogP contribution in [-0.4, -0.2) is 28.8 Å². The van der Waals surface area contributed by atoms with Gasteiger partial charge in [0.05, 0.1) is 11.4 Å². The summed E-state index contributed by atoms with van der Waals surface area (Å²) in [5.74, 6) is 1.22. The number of aromatic nitrogens is 2. The Kier molecular flexibility index (Phi) is 6.85. The van der Waals surface area contributed by atoms with Gasteiger partial charge >= 0.3 is 0 Å². The van der Waals surface area contributed by atoms with E-state index in [4.69, 9.17) is 5.73 Å². The summed E-state index contributed by atoms with van der Waals surface area (Å²) in [7, 11) is 0. The van der Waals surface area contributed by atoms with Crippen LogP contribution in [-0.2, 0) is 6.42 Å². The molecule has 1 heterocycles. The third kappa shape index (κ3) is 5.72. The van der Waals surface area contributed by atoms with Crippen LogP contribution in [0.25, 0.3) is 5.69 Å². The summed E-state index contributed by atoms with van der Waals surface area (Å²) in [5, 5.41) is 7.76. The van der Waals surface area contributed by atoms with E-state index in [1.807, 2.05) is 22.9 Å². The minimum atomic E-state index is 0.548. The molecule has 0 aliphatic carbocycles. The highest BCUT2D eigenvalue weighted by Crippen LogP contribution is 2.13. The smallest absolute Gasteiger partial charge is 0.188 e. The highest BCUT2D eigenvalue weighted by atomic mass is 15.3. The molecule has 3 N–H and O–H groups in total. The Bertz CT molecular complexity index is 643. The number of nitrogens with one attached hydrogen (secondary N) is 1. The Hall–Kier alpha value is -2.30. The zero-order chi connectivity index (χ0) is 17.4. The molecule has 5 nitrogen and oxygen atoms in total. The van der Waals surface area contributed by atoms with Crippen LogP contribution < -0.4 is 11.1 Å². The Morgan fingerprint density at radius 2 is 2.04 bits per heavy atom. The lowest BCUT2D eigenvalue weighted by Crippen LogP contribution is -2.33. The highest BCUT2D eigenvalue weighted by Gasteiger charge is 2.06. The summed E-state index contributed by atoms with van der Waals surface area (Å²) in [6.45, 7) is 8.08. The van der Waals surface area contributed by atoms with Gasteiger partial charge in [-0.2, -0.15) is 5.10 Å². The van der Waals surface area contributed by atoms with Crippen molar-refractivity contribution in [1.29, 1.82) is 0 Å². The lowest BCUT2D eigenvalue weighted by molar-refractivity contribution is 0.576. The van der Waals surface area contributed by atoms with Crippen LogP contribution in [0.5, 0.6) is 0 Å². The lowest BCUT2D eigenvalue weighted by atomic mass is 10.1. The zero-order valence-electron chi connectivity index (χ0n) is 15.0. The zero-order valence-corrected chi connectivity index (χ0v) is 15.0. The van der Waals surface area contributed by atoms with Crippen LogP contribution in [0.15, 0.2) is 41.5 Å². The van der Waals surface area contributed by atoms with Gasteiger partial charge in [-0.05, 0) is 49.8 Å². The van der Waals surface area contributed by atoms with Crippen molar-refractivity contribution in [3.05, 3.63) is 47.8 Å². The van der Waals surface area contributed by atoms with Gasteiger partial charge in [0, 0.05) is 19.3 Å². The molecule has 0 amide bonds. The molecule has 130 valence electrons. The number of hydrogen-bond donors (Lipinski definition) is 2. The van der Waals surface area contributed by atoms with Crippen LogP contribution in [0.1, 0.15) is 37.9 Å². The summed E-state index contributed by atoms with van der Waals surface area (Å²) >= 11 is 0. The molecular weight excluding hydrogens is 298 g/mol. The summed E-state index contributed by atoms with van der Waals surface area (Å²) in [5.41, 5.74) is 9.30. The molecule has 0 aliphatic rings. The van der Waals surface area contributed by atoms with Gasteiger partial charge in [0.25, 0.3) is 0 Å². The quantitative estimate of drug-likeness (QED) is 0.445. The van der Waals surface area contributed by atoms with Crippen molar-refractivity contribution >= 4 is 5.96 Å². The van der Waals surface area contributed by atoms with Crippen molar-refractivity contribution < 1.29 is 0 Å². The average molecular weight is 327 g/mol. The number of benzene rings is 1. The number of aliphatic imine (C=N–C) groups is 1. The van der Waals surface area contributed by atoms with Crippen molar-refractivity contribution in [2.45, 2.75) is 40.0 Å². The lowest BCUT2D eigenvalue weighted by Gasteiger charge is -2.07. The average Bonchev–Trinajstić information content (AvgIpc) is 2.93. The minimum absolute atomic E-state index is 0.548. The normalized spacial score (nSPS) is 11.9. The minimum Gasteiger partial charge on any atom is -0.370 e. The van der Waals surface area contributed by atoms with Crippen molar-refractivity contribution in [2.75, 3.05) is 13.1 Å². The highest BCUT2D eigenvalue weighted by molar-refractivity contribution is 5.77. The maximum atomic E-state index is 5.87. The molecule has 1 aromatic heterocycles. The van der Waals surface area contributed by atoms with E-state index in [1.54, 1.807) is 0 Å². The maximum Gasteiger partial charge on any atom is 0.188 e. The van der Waals surface area contributed by atoms with Gasteiger partial charge in [0.15, 0.2) is 5.96 Å². The number of nitrogens with two attached hydrogens (primary N) is 1. The molecule has 2 rings (SSSR count). The van der Waals surface area contributed by atoms with Gasteiger partial charge in [-0.25, -0.2) is 4.68 Å². The van der Waals surface area contributed by atoms with Crippen molar-refractivity contribution in [3.8, 4) is 5.69 Å². The second kappa shape index (κ2) is 9.11. The predicted molar refractivity (Wildman–Crippen MR) is 101 cm³/mol. The fraction of sp³-hybridized carbons (Fsp3) is 0.474. The molecule has 0 radical (unpaired) electrons. The molecule has 5 heteroatoms. The van der Waals surface area contributed by atoms with Crippen LogP contribution in [0, 0.1) is 12.8 Å². The molecule has 0 unspecified atom stereocenters. The van der Waals surface area contributed by atoms with Crippen LogP contribution >= 0.6 is 0 Å². The number of aryl methyl sites for hydroxylation is 2. The van der Waals surface area contributed by atoms with E-state index >= 15 is 0 Å². The van der Waals surface area contributed by atoms with Crippen molar-refractivity contribution in [1.82, 2.24) is 15.1 Å². The van der Waals surface area contributed by atoms with E-state index in [9.17, 15) is 0 Å². The molecule has 24 heavy (non-hydrogen) atoms. The summed E-state index contributed by atoms with van der Waals surface area (Å²) in [6, 6.07) is 10.2. The van der Waals surface area contributed by atoms with Gasteiger partial charge in [-0.15, -0.1) is 0 Å². The third-order valence-corrected chi connectivity index (χ3v) is 3.94. The summed E-state index contributed by atoms with van der Waals surface area (Å²) in [4.78, 5) is 4.39. The fourth-order valence-electron chi connectivity index (χ4n) is 2.47. The van der Waals surface area contributed by atoms with Gasteiger partial charge in [0.2, 0.25) is 0 Å². The first-order valence-electron chi connectivity index (χ1n) is 8.70. The molecule has 0 saturated heterocycles. The molecule has 1 aromatic carbocycles.